The summed E-state index contributed by atoms with van der Waals surface area (Å²) in [5.41, 5.74) is 2.40. The van der Waals surface area contributed by atoms with Crippen LogP contribution in [0.5, 0.6) is 0 Å². The molecule has 0 spiro atoms. The maximum atomic E-state index is 12.3. The lowest BCUT2D eigenvalue weighted by atomic mass is 9.88. The molecule has 3 amide bonds. The summed E-state index contributed by atoms with van der Waals surface area (Å²) in [5.74, 6) is 1.83. The van der Waals surface area contributed by atoms with E-state index in [1.54, 1.807) is 4.90 Å². The molecule has 0 atom stereocenters. The highest BCUT2D eigenvalue weighted by Crippen LogP contribution is 2.34. The number of aromatic nitrogens is 2. The fourth-order valence-corrected chi connectivity index (χ4v) is 5.35. The molecule has 2 aromatic rings. The Kier molecular flexibility index (Phi) is 7.02. The van der Waals surface area contributed by atoms with Crippen LogP contribution in [0.25, 0.3) is 10.9 Å². The summed E-state index contributed by atoms with van der Waals surface area (Å²) >= 11 is 0. The Morgan fingerprint density at radius 1 is 1.06 bits per heavy atom. The number of hydrogen-bond acceptors (Lipinski definition) is 5. The van der Waals surface area contributed by atoms with Gasteiger partial charge >= 0.3 is 6.03 Å². The lowest BCUT2D eigenvalue weighted by Gasteiger charge is -2.35. The van der Waals surface area contributed by atoms with Crippen molar-refractivity contribution in [3.05, 3.63) is 23.8 Å². The van der Waals surface area contributed by atoms with Crippen molar-refractivity contribution in [2.75, 3.05) is 44.2 Å². The van der Waals surface area contributed by atoms with Gasteiger partial charge in [-0.15, -0.1) is 12.4 Å². The molecule has 8 nitrogen and oxygen atoms in total. The van der Waals surface area contributed by atoms with Gasteiger partial charge in [-0.05, 0) is 81.4 Å². The van der Waals surface area contributed by atoms with Gasteiger partial charge in [-0.1, -0.05) is 6.07 Å². The second-order valence-corrected chi connectivity index (χ2v) is 9.25. The summed E-state index contributed by atoms with van der Waals surface area (Å²) in [4.78, 5) is 28.0. The summed E-state index contributed by atoms with van der Waals surface area (Å²) in [7, 11) is 1.92. The van der Waals surface area contributed by atoms with E-state index in [1.807, 2.05) is 11.7 Å². The van der Waals surface area contributed by atoms with Crippen LogP contribution in [0.15, 0.2) is 18.2 Å². The van der Waals surface area contributed by atoms with Gasteiger partial charge in [0.15, 0.2) is 5.82 Å². The maximum Gasteiger partial charge on any atom is 0.329 e. The largest absolute Gasteiger partial charge is 0.329 e. The topological polar surface area (TPSA) is 82.5 Å². The third-order valence-electron chi connectivity index (χ3n) is 7.20. The predicted molar refractivity (Wildman–Crippen MR) is 127 cm³/mol. The standard InChI is InChI=1S/C23H32N6O2.ClH/c1-27-20-14-18(17-6-11-28(12-7-17)15-16-4-9-24-10-5-16)2-3-19(20)22(26-27)29-13-8-21(30)25-23(29)31;/h2-3,14,16-17,24H,4-13,15H2,1H3,(H,25,30,31);1H. The highest BCUT2D eigenvalue weighted by molar-refractivity contribution is 6.08. The van der Waals surface area contributed by atoms with Crippen LogP contribution in [0.4, 0.5) is 10.6 Å². The first-order valence-electron chi connectivity index (χ1n) is 11.6. The van der Waals surface area contributed by atoms with Gasteiger partial charge in [-0.25, -0.2) is 4.79 Å². The van der Waals surface area contributed by atoms with Crippen molar-refractivity contribution in [1.82, 2.24) is 25.3 Å². The summed E-state index contributed by atoms with van der Waals surface area (Å²) in [6.45, 7) is 6.30. The second kappa shape index (κ2) is 9.77. The van der Waals surface area contributed by atoms with E-state index in [0.717, 1.165) is 16.8 Å². The Hall–Kier alpha value is -2.16. The monoisotopic (exact) mass is 460 g/mol. The van der Waals surface area contributed by atoms with Crippen LogP contribution in [0, 0.1) is 5.92 Å². The summed E-state index contributed by atoms with van der Waals surface area (Å²) in [5, 5.41) is 11.4. The molecule has 3 aliphatic rings. The Morgan fingerprint density at radius 2 is 1.81 bits per heavy atom. The van der Waals surface area contributed by atoms with Gasteiger partial charge in [0.25, 0.3) is 0 Å². The summed E-state index contributed by atoms with van der Waals surface area (Å²) in [6.07, 6.45) is 5.30. The zero-order chi connectivity index (χ0) is 21.4. The number of nitrogens with one attached hydrogen (secondary N) is 2. The van der Waals surface area contributed by atoms with Gasteiger partial charge in [-0.3, -0.25) is 19.7 Å². The number of fused-ring (bicyclic) bond motifs is 1. The number of anilines is 1. The first-order chi connectivity index (χ1) is 15.1. The Bertz CT molecular complexity index is 978. The van der Waals surface area contributed by atoms with Crippen LogP contribution in [0.1, 0.15) is 43.6 Å². The number of likely N-dealkylation sites (tertiary alicyclic amines) is 1. The van der Waals surface area contributed by atoms with Gasteiger partial charge in [0.2, 0.25) is 5.91 Å². The number of piperidine rings is 2. The number of imide groups is 1. The number of benzene rings is 1. The molecule has 0 bridgehead atoms. The third kappa shape index (κ3) is 4.63. The minimum atomic E-state index is -0.388. The Morgan fingerprint density at radius 3 is 2.53 bits per heavy atom. The van der Waals surface area contributed by atoms with Crippen LogP contribution in [-0.4, -0.2) is 65.9 Å². The van der Waals surface area contributed by atoms with Gasteiger partial charge in [-0.2, -0.15) is 5.10 Å². The minimum Gasteiger partial charge on any atom is -0.317 e. The van der Waals surface area contributed by atoms with Crippen LogP contribution in [-0.2, 0) is 11.8 Å². The number of hydrogen-bond donors (Lipinski definition) is 2. The molecule has 2 N–H and O–H groups in total. The van der Waals surface area contributed by atoms with Crippen molar-refractivity contribution < 1.29 is 9.59 Å². The molecule has 9 heteroatoms. The van der Waals surface area contributed by atoms with Crippen molar-refractivity contribution in [2.24, 2.45) is 13.0 Å². The Labute approximate surface area is 195 Å². The van der Waals surface area contributed by atoms with Crippen LogP contribution in [0.2, 0.25) is 0 Å². The fourth-order valence-electron chi connectivity index (χ4n) is 5.35. The molecule has 32 heavy (non-hydrogen) atoms. The maximum absolute atomic E-state index is 12.3. The highest BCUT2D eigenvalue weighted by Gasteiger charge is 2.29. The Balaban J connectivity index is 0.00000245. The van der Waals surface area contributed by atoms with E-state index in [1.165, 1.54) is 64.0 Å². The lowest BCUT2D eigenvalue weighted by molar-refractivity contribution is -0.120. The zero-order valence-electron chi connectivity index (χ0n) is 18.7. The zero-order valence-corrected chi connectivity index (χ0v) is 19.5. The van der Waals surface area contributed by atoms with Crippen molar-refractivity contribution in [2.45, 2.75) is 38.0 Å². The van der Waals surface area contributed by atoms with Crippen LogP contribution < -0.4 is 15.5 Å². The predicted octanol–water partition coefficient (Wildman–Crippen LogP) is 2.62. The molecule has 174 valence electrons. The molecule has 0 radical (unpaired) electrons. The van der Waals surface area contributed by atoms with Crippen molar-refractivity contribution in [3.63, 3.8) is 0 Å². The number of aryl methyl sites for hydroxylation is 1. The first kappa shape index (κ1) is 23.0. The molecule has 3 saturated heterocycles. The van der Waals surface area contributed by atoms with E-state index in [4.69, 9.17) is 0 Å². The quantitative estimate of drug-likeness (QED) is 0.732. The van der Waals surface area contributed by atoms with Gasteiger partial charge in [0.05, 0.1) is 5.52 Å². The SMILES string of the molecule is Cl.Cn1nc(N2CCC(=O)NC2=O)c2ccc(C3CCN(CC4CCNCC4)CC3)cc21. The van der Waals surface area contributed by atoms with Crippen molar-refractivity contribution in [3.8, 4) is 0 Å². The average Bonchev–Trinajstić information content (AvgIpc) is 3.11. The first-order valence-corrected chi connectivity index (χ1v) is 11.6. The lowest BCUT2D eigenvalue weighted by Crippen LogP contribution is -2.49. The third-order valence-corrected chi connectivity index (χ3v) is 7.20. The molecule has 4 heterocycles. The second-order valence-electron chi connectivity index (χ2n) is 9.25. The van der Waals surface area contributed by atoms with Crippen LogP contribution in [0.3, 0.4) is 0 Å². The molecule has 3 aliphatic heterocycles. The summed E-state index contributed by atoms with van der Waals surface area (Å²) < 4.78 is 1.85. The molecule has 3 fully saturated rings. The van der Waals surface area contributed by atoms with E-state index >= 15 is 0 Å². The number of nitrogens with zero attached hydrogens (tertiary/aromatic N) is 4. The number of carbonyl (C=O) groups is 2. The number of carbonyl (C=O) groups excluding carboxylic acids is 2. The summed E-state index contributed by atoms with van der Waals surface area (Å²) in [6, 6.07) is 6.15. The molecule has 1 aromatic carbocycles. The molecule has 0 aliphatic carbocycles. The van der Waals surface area contributed by atoms with E-state index in [0.29, 0.717) is 24.7 Å². The average molecular weight is 461 g/mol. The number of halogens is 1. The van der Waals surface area contributed by atoms with Crippen molar-refractivity contribution >= 4 is 41.1 Å². The van der Waals surface area contributed by atoms with E-state index in [9.17, 15) is 9.59 Å². The van der Waals surface area contributed by atoms with Crippen LogP contribution >= 0.6 is 12.4 Å². The van der Waals surface area contributed by atoms with E-state index < -0.39 is 0 Å². The highest BCUT2D eigenvalue weighted by atomic mass is 35.5. The molecule has 5 rings (SSSR count). The van der Waals surface area contributed by atoms with Gasteiger partial charge in [0, 0.05) is 31.9 Å². The number of urea groups is 1. The fraction of sp³-hybridized carbons (Fsp3) is 0.609. The van der Waals surface area contributed by atoms with E-state index in [-0.39, 0.29) is 24.3 Å². The number of amides is 3. The molecule has 0 saturated carbocycles. The van der Waals surface area contributed by atoms with Gasteiger partial charge in [0.1, 0.15) is 0 Å². The van der Waals surface area contributed by atoms with Gasteiger partial charge < -0.3 is 10.2 Å². The van der Waals surface area contributed by atoms with E-state index in [2.05, 4.69) is 38.8 Å². The smallest absolute Gasteiger partial charge is 0.317 e. The van der Waals surface area contributed by atoms with Crippen molar-refractivity contribution in [1.29, 1.82) is 0 Å². The number of rotatable bonds is 4. The molecule has 1 aromatic heterocycles. The molecular formula is C23H33ClN6O2. The molecule has 0 unspecified atom stereocenters. The normalized spacial score (nSPS) is 21.6. The minimum absolute atomic E-state index is 0. The molecular weight excluding hydrogens is 428 g/mol.